The lowest BCUT2D eigenvalue weighted by molar-refractivity contribution is 0.00896. The van der Waals surface area contributed by atoms with Crippen LogP contribution < -0.4 is 0 Å². The van der Waals surface area contributed by atoms with Gasteiger partial charge >= 0.3 is 5.97 Å². The van der Waals surface area contributed by atoms with Crippen LogP contribution in [0, 0.1) is 6.92 Å². The van der Waals surface area contributed by atoms with Crippen LogP contribution in [-0.2, 0) is 4.74 Å². The fraction of sp³-hybridized carbons (Fsp3) is 0.600. The number of rotatable bonds is 3. The highest BCUT2D eigenvalue weighted by molar-refractivity contribution is 5.89. The number of aromatic nitrogens is 1. The van der Waals surface area contributed by atoms with Gasteiger partial charge in [0.1, 0.15) is 6.10 Å². The number of nitrogens with zero attached hydrogens (tertiary/aromatic N) is 3. The van der Waals surface area contributed by atoms with Crippen LogP contribution in [0.1, 0.15) is 55.6 Å². The molecule has 2 heterocycles. The van der Waals surface area contributed by atoms with E-state index in [2.05, 4.69) is 42.1 Å². The fourth-order valence-corrected chi connectivity index (χ4v) is 2.31. The summed E-state index contributed by atoms with van der Waals surface area (Å²) in [6.07, 6.45) is 8.28. The van der Waals surface area contributed by atoms with Gasteiger partial charge < -0.3 is 14.5 Å². The van der Waals surface area contributed by atoms with Crippen LogP contribution >= 0.6 is 0 Å². The summed E-state index contributed by atoms with van der Waals surface area (Å²) < 4.78 is 5.23. The van der Waals surface area contributed by atoms with E-state index >= 15 is 0 Å². The molecule has 0 radical (unpaired) electrons. The van der Waals surface area contributed by atoms with Gasteiger partial charge in [0.05, 0.1) is 5.56 Å². The smallest absolute Gasteiger partial charge is 0.339 e. The monoisotopic (exact) mass is 347 g/mol. The predicted molar refractivity (Wildman–Crippen MR) is 102 cm³/mol. The van der Waals surface area contributed by atoms with Crippen molar-refractivity contribution in [3.05, 3.63) is 41.5 Å². The molecule has 1 aromatic rings. The zero-order valence-corrected chi connectivity index (χ0v) is 16.6. The van der Waals surface area contributed by atoms with Crippen LogP contribution in [0.5, 0.6) is 0 Å². The number of carbonyl (C=O) groups is 1. The van der Waals surface area contributed by atoms with E-state index < -0.39 is 0 Å². The van der Waals surface area contributed by atoms with E-state index in [0.29, 0.717) is 5.56 Å². The van der Waals surface area contributed by atoms with Gasteiger partial charge in [-0.1, -0.05) is 13.8 Å². The standard InChI is InChI=1S/C11H13NO2.C7H14N2.C2H6/c1-8-5-6-9(7-12-8)11(13)14-10-3-2-4-10;1-8(2)7-4-5-9(3)6-7;1-2/h5-7,10H,2-4H2,1H3;6H,4-5H2,1-3H3;1-2H3. The van der Waals surface area contributed by atoms with Gasteiger partial charge in [-0.15, -0.1) is 0 Å². The summed E-state index contributed by atoms with van der Waals surface area (Å²) >= 11 is 0. The van der Waals surface area contributed by atoms with Crippen molar-refractivity contribution in [3.63, 3.8) is 0 Å². The first kappa shape index (κ1) is 21.0. The van der Waals surface area contributed by atoms with Crippen molar-refractivity contribution >= 4 is 5.97 Å². The summed E-state index contributed by atoms with van der Waals surface area (Å²) in [6, 6.07) is 3.57. The number of hydrogen-bond donors (Lipinski definition) is 0. The van der Waals surface area contributed by atoms with E-state index in [1.807, 2.05) is 26.8 Å². The van der Waals surface area contributed by atoms with Crippen LogP contribution in [0.4, 0.5) is 0 Å². The minimum absolute atomic E-state index is 0.142. The summed E-state index contributed by atoms with van der Waals surface area (Å²) in [5.74, 6) is -0.248. The van der Waals surface area contributed by atoms with Crippen molar-refractivity contribution in [3.8, 4) is 0 Å². The highest BCUT2D eigenvalue weighted by Crippen LogP contribution is 2.22. The molecule has 0 atom stereocenters. The maximum Gasteiger partial charge on any atom is 0.339 e. The number of carbonyl (C=O) groups excluding carboxylic acids is 1. The van der Waals surface area contributed by atoms with Crippen molar-refractivity contribution in [2.75, 3.05) is 27.7 Å². The molecule has 0 saturated heterocycles. The van der Waals surface area contributed by atoms with Gasteiger partial charge in [0.25, 0.3) is 0 Å². The Morgan fingerprint density at radius 2 is 1.96 bits per heavy atom. The molecule has 0 aromatic carbocycles. The van der Waals surface area contributed by atoms with Gasteiger partial charge in [0.15, 0.2) is 0 Å². The van der Waals surface area contributed by atoms with Crippen molar-refractivity contribution in [1.82, 2.24) is 14.8 Å². The van der Waals surface area contributed by atoms with E-state index in [9.17, 15) is 4.79 Å². The largest absolute Gasteiger partial charge is 0.459 e. The number of ether oxygens (including phenoxy) is 1. The summed E-state index contributed by atoms with van der Waals surface area (Å²) in [6.45, 7) is 7.06. The topological polar surface area (TPSA) is 45.7 Å². The molecule has 3 rings (SSSR count). The Morgan fingerprint density at radius 3 is 2.32 bits per heavy atom. The number of hydrogen-bond acceptors (Lipinski definition) is 5. The number of esters is 1. The van der Waals surface area contributed by atoms with E-state index in [4.69, 9.17) is 4.74 Å². The zero-order valence-electron chi connectivity index (χ0n) is 16.6. The Hall–Kier alpha value is -2.04. The molecule has 1 aliphatic carbocycles. The maximum atomic E-state index is 11.5. The molecule has 0 unspecified atom stereocenters. The molecule has 5 nitrogen and oxygen atoms in total. The molecule has 0 N–H and O–H groups in total. The van der Waals surface area contributed by atoms with E-state index in [-0.39, 0.29) is 12.1 Å². The van der Waals surface area contributed by atoms with Gasteiger partial charge in [-0.3, -0.25) is 4.98 Å². The lowest BCUT2D eigenvalue weighted by Gasteiger charge is -2.24. The second kappa shape index (κ2) is 10.7. The number of aryl methyl sites for hydroxylation is 1. The molecule has 1 saturated carbocycles. The Labute approximate surface area is 152 Å². The molecular formula is C20H33N3O2. The SMILES string of the molecule is CC.CN1C=C(N(C)C)CC1.Cc1ccc(C(=O)OC2CCC2)cn1. The van der Waals surface area contributed by atoms with Crippen molar-refractivity contribution < 1.29 is 9.53 Å². The van der Waals surface area contributed by atoms with Gasteiger partial charge in [-0.05, 0) is 38.3 Å². The Kier molecular flexibility index (Phi) is 9.03. The van der Waals surface area contributed by atoms with Gasteiger partial charge in [0, 0.05) is 57.9 Å². The van der Waals surface area contributed by atoms with Crippen LogP contribution in [0.15, 0.2) is 30.2 Å². The molecule has 2 aliphatic rings. The average molecular weight is 348 g/mol. The summed E-state index contributed by atoms with van der Waals surface area (Å²) in [4.78, 5) is 19.9. The average Bonchev–Trinajstić information content (AvgIpc) is 3.01. The minimum atomic E-state index is -0.248. The molecule has 25 heavy (non-hydrogen) atoms. The highest BCUT2D eigenvalue weighted by atomic mass is 16.5. The van der Waals surface area contributed by atoms with E-state index in [1.165, 1.54) is 25.1 Å². The third-order valence-corrected chi connectivity index (χ3v) is 4.14. The number of pyridine rings is 1. The van der Waals surface area contributed by atoms with Crippen LogP contribution in [0.3, 0.4) is 0 Å². The third kappa shape index (κ3) is 7.16. The summed E-state index contributed by atoms with van der Waals surface area (Å²) in [5, 5.41) is 0. The normalized spacial score (nSPS) is 15.8. The van der Waals surface area contributed by atoms with E-state index in [1.54, 1.807) is 12.3 Å². The Morgan fingerprint density at radius 1 is 1.28 bits per heavy atom. The quantitative estimate of drug-likeness (QED) is 0.777. The lowest BCUT2D eigenvalue weighted by atomic mass is 9.96. The molecule has 1 aromatic heterocycles. The maximum absolute atomic E-state index is 11.5. The Balaban J connectivity index is 0.000000246. The molecule has 1 fully saturated rings. The zero-order chi connectivity index (χ0) is 18.8. The molecular weight excluding hydrogens is 314 g/mol. The van der Waals surface area contributed by atoms with Crippen LogP contribution in [0.25, 0.3) is 0 Å². The summed E-state index contributed by atoms with van der Waals surface area (Å²) in [7, 11) is 6.28. The molecule has 1 aliphatic heterocycles. The molecule has 0 amide bonds. The first-order valence-corrected chi connectivity index (χ1v) is 9.17. The van der Waals surface area contributed by atoms with Gasteiger partial charge in [0.2, 0.25) is 0 Å². The third-order valence-electron chi connectivity index (χ3n) is 4.14. The van der Waals surface area contributed by atoms with Crippen molar-refractivity contribution in [2.45, 2.75) is 52.6 Å². The lowest BCUT2D eigenvalue weighted by Crippen LogP contribution is -2.25. The molecule has 5 heteroatoms. The first-order valence-electron chi connectivity index (χ1n) is 9.17. The predicted octanol–water partition coefficient (Wildman–Crippen LogP) is 3.85. The first-order chi connectivity index (χ1) is 12.0. The molecule has 0 spiro atoms. The molecule has 0 bridgehead atoms. The van der Waals surface area contributed by atoms with Crippen LogP contribution in [-0.4, -0.2) is 54.5 Å². The van der Waals surface area contributed by atoms with E-state index in [0.717, 1.165) is 18.5 Å². The van der Waals surface area contributed by atoms with Crippen molar-refractivity contribution in [2.24, 2.45) is 0 Å². The fourth-order valence-electron chi connectivity index (χ4n) is 2.31. The van der Waals surface area contributed by atoms with Gasteiger partial charge in [-0.25, -0.2) is 4.79 Å². The second-order valence-electron chi connectivity index (χ2n) is 6.39. The van der Waals surface area contributed by atoms with Crippen LogP contribution in [0.2, 0.25) is 0 Å². The molecule has 140 valence electrons. The minimum Gasteiger partial charge on any atom is -0.459 e. The Bertz CT molecular complexity index is 549. The highest BCUT2D eigenvalue weighted by Gasteiger charge is 2.22. The van der Waals surface area contributed by atoms with Gasteiger partial charge in [-0.2, -0.15) is 0 Å². The summed E-state index contributed by atoms with van der Waals surface area (Å²) in [5.41, 5.74) is 2.88. The van der Waals surface area contributed by atoms with Crippen molar-refractivity contribution in [1.29, 1.82) is 0 Å². The second-order valence-corrected chi connectivity index (χ2v) is 6.39.